The van der Waals surface area contributed by atoms with E-state index in [4.69, 9.17) is 11.6 Å². The fourth-order valence-electron chi connectivity index (χ4n) is 2.01. The van der Waals surface area contributed by atoms with Gasteiger partial charge >= 0.3 is 0 Å². The summed E-state index contributed by atoms with van der Waals surface area (Å²) < 4.78 is 0. The van der Waals surface area contributed by atoms with Gasteiger partial charge in [0.2, 0.25) is 0 Å². The Hall–Kier alpha value is -2.59. The zero-order valence-electron chi connectivity index (χ0n) is 13.5. The molecule has 0 atom stereocenters. The maximum Gasteiger partial charge on any atom is 0.268 e. The molecule has 24 heavy (non-hydrogen) atoms. The van der Waals surface area contributed by atoms with Crippen molar-refractivity contribution < 1.29 is 9.59 Å². The van der Waals surface area contributed by atoms with E-state index in [1.807, 2.05) is 19.9 Å². The van der Waals surface area contributed by atoms with Gasteiger partial charge in [-0.05, 0) is 49.8 Å². The van der Waals surface area contributed by atoms with Crippen molar-refractivity contribution in [1.29, 1.82) is 0 Å². The summed E-state index contributed by atoms with van der Waals surface area (Å²) in [6.45, 7) is 3.72. The number of halogens is 1. The molecule has 0 fully saturated rings. The van der Waals surface area contributed by atoms with E-state index in [1.165, 1.54) is 0 Å². The third kappa shape index (κ3) is 5.25. The minimum atomic E-state index is -0.343. The first-order valence-corrected chi connectivity index (χ1v) is 7.98. The molecule has 0 aliphatic carbocycles. The first kappa shape index (κ1) is 17.8. The molecule has 2 N–H and O–H groups in total. The number of hydrogen-bond donors (Lipinski definition) is 2. The molecule has 2 aromatic carbocycles. The van der Waals surface area contributed by atoms with Crippen LogP contribution in [0.4, 0.5) is 0 Å². The van der Waals surface area contributed by atoms with Crippen molar-refractivity contribution in [3.05, 3.63) is 76.4 Å². The van der Waals surface area contributed by atoms with E-state index in [0.29, 0.717) is 10.6 Å². The molecule has 0 radical (unpaired) electrons. The second kappa shape index (κ2) is 8.31. The summed E-state index contributed by atoms with van der Waals surface area (Å²) in [4.78, 5) is 24.7. The first-order chi connectivity index (χ1) is 11.5. The van der Waals surface area contributed by atoms with Crippen LogP contribution in [0.15, 0.2) is 60.3 Å². The maximum atomic E-state index is 12.4. The highest BCUT2D eigenvalue weighted by atomic mass is 35.5. The normalized spacial score (nSPS) is 11.2. The van der Waals surface area contributed by atoms with E-state index in [1.54, 1.807) is 54.6 Å². The van der Waals surface area contributed by atoms with Crippen molar-refractivity contribution in [1.82, 2.24) is 10.6 Å². The van der Waals surface area contributed by atoms with E-state index in [0.717, 1.165) is 5.56 Å². The summed E-state index contributed by atoms with van der Waals surface area (Å²) >= 11 is 5.87. The Bertz CT molecular complexity index is 738. The van der Waals surface area contributed by atoms with Crippen LogP contribution in [-0.2, 0) is 4.79 Å². The predicted octanol–water partition coefficient (Wildman–Crippen LogP) is 3.64. The lowest BCUT2D eigenvalue weighted by Crippen LogP contribution is -2.38. The lowest BCUT2D eigenvalue weighted by molar-refractivity contribution is -0.118. The lowest BCUT2D eigenvalue weighted by Gasteiger charge is -2.13. The van der Waals surface area contributed by atoms with E-state index in [-0.39, 0.29) is 23.6 Å². The van der Waals surface area contributed by atoms with E-state index in [9.17, 15) is 9.59 Å². The van der Waals surface area contributed by atoms with Crippen LogP contribution in [0, 0.1) is 0 Å². The quantitative estimate of drug-likeness (QED) is 0.815. The molecule has 0 spiro atoms. The summed E-state index contributed by atoms with van der Waals surface area (Å²) in [6, 6.07) is 15.7. The van der Waals surface area contributed by atoms with Gasteiger partial charge in [-0.1, -0.05) is 41.9 Å². The molecule has 0 bridgehead atoms. The summed E-state index contributed by atoms with van der Waals surface area (Å²) in [5.74, 6) is -0.682. The SMILES string of the molecule is CC(C)NC(=O)/C(=C\c1ccc(Cl)cc1)NC(=O)c1ccccc1. The summed E-state index contributed by atoms with van der Waals surface area (Å²) in [5.41, 5.74) is 1.43. The topological polar surface area (TPSA) is 58.2 Å². The van der Waals surface area contributed by atoms with E-state index in [2.05, 4.69) is 10.6 Å². The smallest absolute Gasteiger partial charge is 0.268 e. The Morgan fingerprint density at radius 2 is 1.62 bits per heavy atom. The maximum absolute atomic E-state index is 12.4. The first-order valence-electron chi connectivity index (χ1n) is 7.60. The number of nitrogens with one attached hydrogen (secondary N) is 2. The van der Waals surface area contributed by atoms with Gasteiger partial charge in [0.15, 0.2) is 0 Å². The van der Waals surface area contributed by atoms with Gasteiger partial charge in [0, 0.05) is 16.6 Å². The highest BCUT2D eigenvalue weighted by molar-refractivity contribution is 6.30. The van der Waals surface area contributed by atoms with Crippen LogP contribution < -0.4 is 10.6 Å². The Labute approximate surface area is 146 Å². The minimum Gasteiger partial charge on any atom is -0.349 e. The second-order valence-corrected chi connectivity index (χ2v) is 5.99. The average molecular weight is 343 g/mol. The van der Waals surface area contributed by atoms with Gasteiger partial charge in [-0.3, -0.25) is 9.59 Å². The van der Waals surface area contributed by atoms with Crippen molar-refractivity contribution >= 4 is 29.5 Å². The summed E-state index contributed by atoms with van der Waals surface area (Å²) in [7, 11) is 0. The molecule has 0 heterocycles. The molecule has 2 amide bonds. The van der Waals surface area contributed by atoms with Crippen molar-refractivity contribution in [3.63, 3.8) is 0 Å². The molecule has 0 aromatic heterocycles. The molecule has 0 aliphatic rings. The molecule has 0 unspecified atom stereocenters. The van der Waals surface area contributed by atoms with E-state index >= 15 is 0 Å². The number of rotatable bonds is 5. The highest BCUT2D eigenvalue weighted by Crippen LogP contribution is 2.12. The van der Waals surface area contributed by atoms with Crippen LogP contribution in [0.5, 0.6) is 0 Å². The monoisotopic (exact) mass is 342 g/mol. The number of carbonyl (C=O) groups excluding carboxylic acids is 2. The number of carbonyl (C=O) groups is 2. The Balaban J connectivity index is 2.27. The zero-order chi connectivity index (χ0) is 17.5. The fourth-order valence-corrected chi connectivity index (χ4v) is 2.13. The van der Waals surface area contributed by atoms with Crippen LogP contribution >= 0.6 is 11.6 Å². The molecular weight excluding hydrogens is 324 g/mol. The molecule has 0 aliphatic heterocycles. The largest absolute Gasteiger partial charge is 0.349 e. The van der Waals surface area contributed by atoms with Crippen molar-refractivity contribution in [3.8, 4) is 0 Å². The Morgan fingerprint density at radius 3 is 2.21 bits per heavy atom. The van der Waals surface area contributed by atoms with Crippen molar-refractivity contribution in [2.45, 2.75) is 19.9 Å². The molecular formula is C19H19ClN2O2. The van der Waals surface area contributed by atoms with Gasteiger partial charge in [-0.15, -0.1) is 0 Å². The second-order valence-electron chi connectivity index (χ2n) is 5.56. The van der Waals surface area contributed by atoms with Gasteiger partial charge in [-0.25, -0.2) is 0 Å². The van der Waals surface area contributed by atoms with Gasteiger partial charge in [-0.2, -0.15) is 0 Å². The predicted molar refractivity (Wildman–Crippen MR) is 96.6 cm³/mol. The van der Waals surface area contributed by atoms with Gasteiger partial charge in [0.1, 0.15) is 5.70 Å². The van der Waals surface area contributed by atoms with Crippen molar-refractivity contribution in [2.24, 2.45) is 0 Å². The third-order valence-electron chi connectivity index (χ3n) is 3.13. The van der Waals surface area contributed by atoms with Crippen LogP contribution in [0.1, 0.15) is 29.8 Å². The summed E-state index contributed by atoms with van der Waals surface area (Å²) in [5, 5.41) is 6.07. The molecule has 124 valence electrons. The van der Waals surface area contributed by atoms with Gasteiger partial charge < -0.3 is 10.6 Å². The Morgan fingerprint density at radius 1 is 1.00 bits per heavy atom. The molecule has 0 saturated heterocycles. The van der Waals surface area contributed by atoms with E-state index < -0.39 is 0 Å². The van der Waals surface area contributed by atoms with Gasteiger partial charge in [0.05, 0.1) is 0 Å². The fraction of sp³-hybridized carbons (Fsp3) is 0.158. The van der Waals surface area contributed by atoms with Crippen LogP contribution in [0.2, 0.25) is 5.02 Å². The van der Waals surface area contributed by atoms with Gasteiger partial charge in [0.25, 0.3) is 11.8 Å². The lowest BCUT2D eigenvalue weighted by atomic mass is 10.1. The number of hydrogen-bond acceptors (Lipinski definition) is 2. The molecule has 4 nitrogen and oxygen atoms in total. The van der Waals surface area contributed by atoms with Crippen LogP contribution in [-0.4, -0.2) is 17.9 Å². The van der Waals surface area contributed by atoms with Crippen molar-refractivity contribution in [2.75, 3.05) is 0 Å². The Kier molecular flexibility index (Phi) is 6.15. The van der Waals surface area contributed by atoms with Crippen LogP contribution in [0.25, 0.3) is 6.08 Å². The standard InChI is InChI=1S/C19H19ClN2O2/c1-13(2)21-19(24)17(12-14-8-10-16(20)11-9-14)22-18(23)15-6-4-3-5-7-15/h3-13H,1-2H3,(H,21,24)(H,22,23)/b17-12+. The zero-order valence-corrected chi connectivity index (χ0v) is 14.3. The molecule has 2 aromatic rings. The van der Waals surface area contributed by atoms with Crippen LogP contribution in [0.3, 0.4) is 0 Å². The number of amides is 2. The molecule has 5 heteroatoms. The molecule has 2 rings (SSSR count). The molecule has 0 saturated carbocycles. The number of benzene rings is 2. The minimum absolute atomic E-state index is 0.0419. The third-order valence-corrected chi connectivity index (χ3v) is 3.38. The summed E-state index contributed by atoms with van der Waals surface area (Å²) in [6.07, 6.45) is 1.62. The highest BCUT2D eigenvalue weighted by Gasteiger charge is 2.15. The average Bonchev–Trinajstić information content (AvgIpc) is 2.56.